The van der Waals surface area contributed by atoms with Crippen LogP contribution < -0.4 is 0 Å². The first-order chi connectivity index (χ1) is 37.5. The molecular formula is C70H112O6. The molecule has 0 fully saturated rings. The highest BCUT2D eigenvalue weighted by molar-refractivity contribution is 5.71. The molecule has 0 saturated heterocycles. The summed E-state index contributed by atoms with van der Waals surface area (Å²) in [5.41, 5.74) is 0. The van der Waals surface area contributed by atoms with Gasteiger partial charge in [-0.2, -0.15) is 0 Å². The van der Waals surface area contributed by atoms with Crippen molar-refractivity contribution in [2.75, 3.05) is 13.2 Å². The van der Waals surface area contributed by atoms with Gasteiger partial charge < -0.3 is 14.2 Å². The monoisotopic (exact) mass is 1050 g/mol. The van der Waals surface area contributed by atoms with Crippen LogP contribution in [0.1, 0.15) is 258 Å². The van der Waals surface area contributed by atoms with E-state index in [-0.39, 0.29) is 31.6 Å². The zero-order valence-electron chi connectivity index (χ0n) is 49.0. The summed E-state index contributed by atoms with van der Waals surface area (Å²) in [6.07, 6.45) is 90.3. The molecule has 6 nitrogen and oxygen atoms in total. The minimum absolute atomic E-state index is 0.109. The third kappa shape index (κ3) is 60.2. The first kappa shape index (κ1) is 71.3. The molecule has 0 aliphatic rings. The summed E-state index contributed by atoms with van der Waals surface area (Å²) in [6.45, 7) is 6.32. The molecule has 0 spiro atoms. The second-order valence-electron chi connectivity index (χ2n) is 19.9. The van der Waals surface area contributed by atoms with Gasteiger partial charge in [-0.05, 0) is 109 Å². The van der Waals surface area contributed by atoms with E-state index < -0.39 is 12.1 Å². The Labute approximate surface area is 467 Å². The van der Waals surface area contributed by atoms with E-state index in [1.165, 1.54) is 89.9 Å². The molecule has 0 aromatic carbocycles. The van der Waals surface area contributed by atoms with Gasteiger partial charge in [-0.1, -0.05) is 276 Å². The second-order valence-corrected chi connectivity index (χ2v) is 19.9. The summed E-state index contributed by atoms with van der Waals surface area (Å²) < 4.78 is 16.7. The van der Waals surface area contributed by atoms with Gasteiger partial charge in [-0.25, -0.2) is 0 Å². The lowest BCUT2D eigenvalue weighted by Crippen LogP contribution is -2.30. The molecule has 6 heteroatoms. The lowest BCUT2D eigenvalue weighted by Gasteiger charge is -2.18. The topological polar surface area (TPSA) is 78.9 Å². The van der Waals surface area contributed by atoms with E-state index in [2.05, 4.69) is 154 Å². The van der Waals surface area contributed by atoms with Crippen molar-refractivity contribution in [2.24, 2.45) is 0 Å². The van der Waals surface area contributed by atoms with Crippen LogP contribution in [0.4, 0.5) is 0 Å². The molecule has 0 N–H and O–H groups in total. The molecule has 0 aliphatic heterocycles. The maximum absolute atomic E-state index is 12.8. The maximum Gasteiger partial charge on any atom is 0.306 e. The summed E-state index contributed by atoms with van der Waals surface area (Å²) in [7, 11) is 0. The van der Waals surface area contributed by atoms with Gasteiger partial charge in [0.25, 0.3) is 0 Å². The molecule has 0 saturated carbocycles. The van der Waals surface area contributed by atoms with E-state index in [0.29, 0.717) is 19.3 Å². The summed E-state index contributed by atoms with van der Waals surface area (Å²) in [5, 5.41) is 0. The van der Waals surface area contributed by atoms with Crippen LogP contribution in [0.25, 0.3) is 0 Å². The van der Waals surface area contributed by atoms with Crippen LogP contribution in [0.3, 0.4) is 0 Å². The lowest BCUT2D eigenvalue weighted by molar-refractivity contribution is -0.166. The van der Waals surface area contributed by atoms with E-state index in [1.807, 2.05) is 12.2 Å². The molecule has 0 rings (SSSR count). The average Bonchev–Trinajstić information content (AvgIpc) is 3.42. The molecule has 0 radical (unpaired) electrons. The third-order valence-corrected chi connectivity index (χ3v) is 12.6. The molecule has 76 heavy (non-hydrogen) atoms. The third-order valence-electron chi connectivity index (χ3n) is 12.6. The van der Waals surface area contributed by atoms with Gasteiger partial charge in [-0.15, -0.1) is 0 Å². The number of allylic oxidation sites excluding steroid dienone is 24. The van der Waals surface area contributed by atoms with Crippen molar-refractivity contribution in [1.82, 2.24) is 0 Å². The Balaban J connectivity index is 4.19. The first-order valence-electron chi connectivity index (χ1n) is 30.8. The van der Waals surface area contributed by atoms with Crippen molar-refractivity contribution in [3.8, 4) is 0 Å². The number of hydrogen-bond donors (Lipinski definition) is 0. The van der Waals surface area contributed by atoms with E-state index in [0.717, 1.165) is 122 Å². The lowest BCUT2D eigenvalue weighted by atomic mass is 10.1. The van der Waals surface area contributed by atoms with E-state index >= 15 is 0 Å². The zero-order valence-corrected chi connectivity index (χ0v) is 49.0. The summed E-state index contributed by atoms with van der Waals surface area (Å²) in [5.74, 6) is -1.00. The minimum atomic E-state index is -0.819. The molecule has 428 valence electrons. The van der Waals surface area contributed by atoms with Gasteiger partial charge in [0, 0.05) is 19.3 Å². The Hall–Kier alpha value is -4.71. The van der Waals surface area contributed by atoms with Crippen molar-refractivity contribution < 1.29 is 28.6 Å². The van der Waals surface area contributed by atoms with E-state index in [4.69, 9.17) is 14.2 Å². The first-order valence-corrected chi connectivity index (χ1v) is 30.8. The van der Waals surface area contributed by atoms with Crippen LogP contribution >= 0.6 is 0 Å². The molecule has 0 aromatic rings. The summed E-state index contributed by atoms with van der Waals surface area (Å²) in [6, 6.07) is 0. The predicted molar refractivity (Wildman–Crippen MR) is 329 cm³/mol. The number of hydrogen-bond acceptors (Lipinski definition) is 6. The number of unbranched alkanes of at least 4 members (excludes halogenated alkanes) is 19. The zero-order chi connectivity index (χ0) is 55.0. The highest BCUT2D eigenvalue weighted by Gasteiger charge is 2.19. The van der Waals surface area contributed by atoms with Crippen molar-refractivity contribution in [3.05, 3.63) is 146 Å². The minimum Gasteiger partial charge on any atom is -0.462 e. The number of carbonyl (C=O) groups excluding carboxylic acids is 3. The normalized spacial score (nSPS) is 13.1. The molecule has 1 atom stereocenters. The van der Waals surface area contributed by atoms with Gasteiger partial charge in [0.2, 0.25) is 0 Å². The maximum atomic E-state index is 12.8. The molecule has 1 unspecified atom stereocenters. The van der Waals surface area contributed by atoms with Crippen LogP contribution in [0.15, 0.2) is 146 Å². The molecule has 0 aromatic heterocycles. The Morgan fingerprint density at radius 3 is 0.855 bits per heavy atom. The molecule has 0 heterocycles. The van der Waals surface area contributed by atoms with Crippen LogP contribution in [0, 0.1) is 0 Å². The number of rotatable bonds is 54. The van der Waals surface area contributed by atoms with Crippen LogP contribution in [0.5, 0.6) is 0 Å². The van der Waals surface area contributed by atoms with E-state index in [1.54, 1.807) is 0 Å². The highest BCUT2D eigenvalue weighted by atomic mass is 16.6. The van der Waals surface area contributed by atoms with Crippen molar-refractivity contribution >= 4 is 17.9 Å². The predicted octanol–water partition coefficient (Wildman–Crippen LogP) is 21.2. The fraction of sp³-hybridized carbons (Fsp3) is 0.614. The SMILES string of the molecule is CC/C=C\C/C=C\C/C=C\C/C=C\C/C=C\C/C=C\C/C=C\C/C=C\CCCCCCCCCCCCC(=O)OCC(COC(=O)CCCCCCCCCCCC)OC(=O)CC/C=C\C/C=C\C/C=C\C/C=C\CC. The Bertz CT molecular complexity index is 1680. The van der Waals surface area contributed by atoms with Crippen molar-refractivity contribution in [3.63, 3.8) is 0 Å². The summed E-state index contributed by atoms with van der Waals surface area (Å²) in [4.78, 5) is 38.0. The second kappa shape index (κ2) is 62.8. The number of carbonyl (C=O) groups is 3. The average molecular weight is 1050 g/mol. The standard InChI is InChI=1S/C70H112O6/c1-4-7-10-13-16-19-22-24-25-26-27-28-29-30-31-32-33-34-35-36-37-38-39-40-41-42-43-44-45-47-48-51-54-57-60-63-69(72)75-66-67(65-74-68(71)62-59-56-53-50-21-18-15-12-9-6-3)76-70(73)64-61-58-55-52-49-46-23-20-17-14-11-8-5-2/h7-8,10-11,16-17,19-20,24-25,27-28,30-31,33-34,36-37,39-40,46,49,55,58,67H,4-6,9,12-15,18,21-23,26,29,32,35,38,41-45,47-48,50-54,56-57,59-66H2,1-3H3/b10-7-,11-8-,19-16-,20-17-,25-24-,28-27-,31-30-,34-33-,37-36-,40-39-,49-46-,58-55-. The molecule has 0 amide bonds. The molecule has 0 aliphatic carbocycles. The fourth-order valence-electron chi connectivity index (χ4n) is 8.06. The number of ether oxygens (including phenoxy) is 3. The highest BCUT2D eigenvalue weighted by Crippen LogP contribution is 2.15. The van der Waals surface area contributed by atoms with Gasteiger partial charge in [0.05, 0.1) is 0 Å². The van der Waals surface area contributed by atoms with Crippen molar-refractivity contribution in [2.45, 2.75) is 264 Å². The quantitative estimate of drug-likeness (QED) is 0.0261. The van der Waals surface area contributed by atoms with Gasteiger partial charge >= 0.3 is 17.9 Å². The smallest absolute Gasteiger partial charge is 0.306 e. The van der Waals surface area contributed by atoms with Crippen LogP contribution in [0.2, 0.25) is 0 Å². The number of esters is 3. The van der Waals surface area contributed by atoms with Gasteiger partial charge in [0.15, 0.2) is 6.10 Å². The van der Waals surface area contributed by atoms with Crippen LogP contribution in [-0.4, -0.2) is 37.2 Å². The molecular weight excluding hydrogens is 937 g/mol. The summed E-state index contributed by atoms with van der Waals surface area (Å²) >= 11 is 0. The fourth-order valence-corrected chi connectivity index (χ4v) is 8.06. The Morgan fingerprint density at radius 1 is 0.276 bits per heavy atom. The Kier molecular flexibility index (Phi) is 58.9. The van der Waals surface area contributed by atoms with Gasteiger partial charge in [-0.3, -0.25) is 14.4 Å². The van der Waals surface area contributed by atoms with Gasteiger partial charge in [0.1, 0.15) is 13.2 Å². The van der Waals surface area contributed by atoms with Crippen molar-refractivity contribution in [1.29, 1.82) is 0 Å². The van der Waals surface area contributed by atoms with E-state index in [9.17, 15) is 14.4 Å². The Morgan fingerprint density at radius 2 is 0.539 bits per heavy atom. The van der Waals surface area contributed by atoms with Crippen LogP contribution in [-0.2, 0) is 28.6 Å². The largest absolute Gasteiger partial charge is 0.462 e. The molecule has 0 bridgehead atoms.